The van der Waals surface area contributed by atoms with Crippen molar-refractivity contribution in [3.63, 3.8) is 0 Å². The number of fused-ring (bicyclic) bond motifs is 3. The van der Waals surface area contributed by atoms with Crippen molar-refractivity contribution in [3.05, 3.63) is 59.7 Å². The van der Waals surface area contributed by atoms with E-state index in [1.165, 1.54) is 22.3 Å². The van der Waals surface area contributed by atoms with E-state index in [1.54, 1.807) is 0 Å². The minimum atomic E-state index is -0.415. The zero-order chi connectivity index (χ0) is 14.7. The Morgan fingerprint density at radius 1 is 1.00 bits per heavy atom. The summed E-state index contributed by atoms with van der Waals surface area (Å²) in [6.07, 6.45) is -0.415. The van der Waals surface area contributed by atoms with Crippen LogP contribution in [-0.2, 0) is 4.74 Å². The molecule has 2 aromatic carbocycles. The van der Waals surface area contributed by atoms with Crippen molar-refractivity contribution in [2.24, 2.45) is 5.73 Å². The van der Waals surface area contributed by atoms with Crippen LogP contribution < -0.4 is 11.1 Å². The summed E-state index contributed by atoms with van der Waals surface area (Å²) in [5.41, 5.74) is 10.2. The summed E-state index contributed by atoms with van der Waals surface area (Å²) in [5, 5.41) is 2.62. The first-order valence-corrected chi connectivity index (χ1v) is 7.10. The summed E-state index contributed by atoms with van der Waals surface area (Å²) in [7, 11) is 0. The smallest absolute Gasteiger partial charge is 0.407 e. The van der Waals surface area contributed by atoms with Crippen LogP contribution in [0.3, 0.4) is 0 Å². The highest BCUT2D eigenvalue weighted by Gasteiger charge is 2.28. The first-order chi connectivity index (χ1) is 10.3. The van der Waals surface area contributed by atoms with Crippen molar-refractivity contribution < 1.29 is 9.53 Å². The summed E-state index contributed by atoms with van der Waals surface area (Å²) in [4.78, 5) is 11.6. The van der Waals surface area contributed by atoms with Crippen molar-refractivity contribution >= 4 is 30.9 Å². The Hall–Kier alpha value is -1.75. The molecule has 0 radical (unpaired) electrons. The summed E-state index contributed by atoms with van der Waals surface area (Å²) >= 11 is 0. The maximum Gasteiger partial charge on any atom is 0.407 e. The number of amides is 1. The molecule has 4 nitrogen and oxygen atoms in total. The Morgan fingerprint density at radius 2 is 1.52 bits per heavy atom. The van der Waals surface area contributed by atoms with Crippen LogP contribution in [0.15, 0.2) is 48.5 Å². The van der Waals surface area contributed by atoms with Crippen LogP contribution in [0.2, 0.25) is 0 Å². The van der Waals surface area contributed by atoms with Gasteiger partial charge in [-0.3, -0.25) is 0 Å². The van der Waals surface area contributed by atoms with E-state index < -0.39 is 6.09 Å². The first kappa shape index (κ1) is 19.3. The molecule has 23 heavy (non-hydrogen) atoms. The fourth-order valence-corrected chi connectivity index (χ4v) is 2.82. The molecule has 2 aromatic rings. The molecule has 0 bridgehead atoms. The summed E-state index contributed by atoms with van der Waals surface area (Å²) in [6.45, 7) is 1.17. The molecule has 0 heterocycles. The standard InChI is InChI=1S/C17H18N2O2.2ClH/c18-9-10-19-17(20)21-11-16-14-7-3-1-5-12(14)13-6-2-4-8-15(13)16;;/h1-8,16H,9-11,18H2,(H,19,20);2*1H. The molecule has 3 rings (SSSR count). The topological polar surface area (TPSA) is 64.3 Å². The zero-order valence-corrected chi connectivity index (χ0v) is 14.2. The summed E-state index contributed by atoms with van der Waals surface area (Å²) in [6, 6.07) is 16.5. The van der Waals surface area contributed by atoms with E-state index in [0.29, 0.717) is 19.7 Å². The molecule has 124 valence electrons. The van der Waals surface area contributed by atoms with E-state index >= 15 is 0 Å². The van der Waals surface area contributed by atoms with Gasteiger partial charge in [-0.05, 0) is 22.3 Å². The second-order valence-corrected chi connectivity index (χ2v) is 5.04. The van der Waals surface area contributed by atoms with Crippen molar-refractivity contribution in [1.29, 1.82) is 0 Å². The zero-order valence-electron chi connectivity index (χ0n) is 12.5. The average molecular weight is 355 g/mol. The van der Waals surface area contributed by atoms with Gasteiger partial charge in [0.05, 0.1) is 0 Å². The third-order valence-electron chi connectivity index (χ3n) is 3.76. The number of carbonyl (C=O) groups excluding carboxylic acids is 1. The minimum absolute atomic E-state index is 0. The van der Waals surface area contributed by atoms with Gasteiger partial charge in [-0.15, -0.1) is 24.8 Å². The second-order valence-electron chi connectivity index (χ2n) is 5.04. The summed E-state index contributed by atoms with van der Waals surface area (Å²) in [5.74, 6) is 0.0982. The van der Waals surface area contributed by atoms with Crippen molar-refractivity contribution in [2.45, 2.75) is 5.92 Å². The van der Waals surface area contributed by atoms with E-state index in [2.05, 4.69) is 29.6 Å². The predicted octanol–water partition coefficient (Wildman–Crippen LogP) is 3.33. The number of alkyl carbamates (subject to hydrolysis) is 1. The number of hydrogen-bond donors (Lipinski definition) is 2. The highest BCUT2D eigenvalue weighted by atomic mass is 35.5. The van der Waals surface area contributed by atoms with E-state index in [1.807, 2.05) is 24.3 Å². The van der Waals surface area contributed by atoms with Gasteiger partial charge >= 0.3 is 6.09 Å². The molecule has 0 aliphatic heterocycles. The van der Waals surface area contributed by atoms with E-state index in [0.717, 1.165) is 0 Å². The van der Waals surface area contributed by atoms with E-state index in [-0.39, 0.29) is 30.7 Å². The van der Waals surface area contributed by atoms with Crippen molar-refractivity contribution in [1.82, 2.24) is 5.32 Å². The minimum Gasteiger partial charge on any atom is -0.449 e. The van der Waals surface area contributed by atoms with Gasteiger partial charge < -0.3 is 15.8 Å². The van der Waals surface area contributed by atoms with Crippen LogP contribution in [0.4, 0.5) is 4.79 Å². The Balaban J connectivity index is 0.00000132. The average Bonchev–Trinajstić information content (AvgIpc) is 2.85. The van der Waals surface area contributed by atoms with E-state index in [4.69, 9.17) is 10.5 Å². The molecule has 0 spiro atoms. The second kappa shape index (κ2) is 8.77. The monoisotopic (exact) mass is 354 g/mol. The fourth-order valence-electron chi connectivity index (χ4n) is 2.82. The van der Waals surface area contributed by atoms with Gasteiger partial charge in [-0.25, -0.2) is 4.79 Å². The van der Waals surface area contributed by atoms with Crippen LogP contribution in [-0.4, -0.2) is 25.8 Å². The van der Waals surface area contributed by atoms with Crippen LogP contribution in [0.5, 0.6) is 0 Å². The molecule has 1 aliphatic rings. The fraction of sp³-hybridized carbons (Fsp3) is 0.235. The molecular weight excluding hydrogens is 335 g/mol. The maximum atomic E-state index is 11.6. The lowest BCUT2D eigenvalue weighted by molar-refractivity contribution is 0.143. The molecule has 0 aromatic heterocycles. The van der Waals surface area contributed by atoms with Crippen LogP contribution >= 0.6 is 24.8 Å². The predicted molar refractivity (Wildman–Crippen MR) is 96.6 cm³/mol. The molecule has 3 N–H and O–H groups in total. The molecule has 6 heteroatoms. The van der Waals surface area contributed by atoms with Gasteiger partial charge in [0.25, 0.3) is 0 Å². The third-order valence-corrected chi connectivity index (χ3v) is 3.76. The molecule has 1 amide bonds. The number of nitrogens with one attached hydrogen (secondary N) is 1. The Morgan fingerprint density at radius 3 is 2.04 bits per heavy atom. The molecule has 0 unspecified atom stereocenters. The van der Waals surface area contributed by atoms with Gasteiger partial charge in [-0.2, -0.15) is 0 Å². The molecule has 1 aliphatic carbocycles. The van der Waals surface area contributed by atoms with Crippen LogP contribution in [0.1, 0.15) is 17.0 Å². The van der Waals surface area contributed by atoms with E-state index in [9.17, 15) is 4.79 Å². The van der Waals surface area contributed by atoms with Gasteiger partial charge in [0.2, 0.25) is 0 Å². The number of carbonyl (C=O) groups is 1. The Labute approximate surface area is 148 Å². The Kier molecular flexibility index (Phi) is 7.36. The molecule has 0 atom stereocenters. The molecule has 0 fully saturated rings. The molecular formula is C17H20Cl2N2O2. The van der Waals surface area contributed by atoms with Crippen molar-refractivity contribution in [2.75, 3.05) is 19.7 Å². The normalized spacial score (nSPS) is 11.5. The quantitative estimate of drug-likeness (QED) is 0.884. The summed E-state index contributed by atoms with van der Waals surface area (Å²) < 4.78 is 5.34. The van der Waals surface area contributed by atoms with Gasteiger partial charge in [-0.1, -0.05) is 48.5 Å². The highest BCUT2D eigenvalue weighted by molar-refractivity contribution is 5.85. The number of benzene rings is 2. The Bertz CT molecular complexity index is 619. The lowest BCUT2D eigenvalue weighted by Crippen LogP contribution is -2.30. The van der Waals surface area contributed by atoms with Crippen LogP contribution in [0.25, 0.3) is 11.1 Å². The number of hydrogen-bond acceptors (Lipinski definition) is 3. The van der Waals surface area contributed by atoms with Crippen LogP contribution in [0, 0.1) is 0 Å². The largest absolute Gasteiger partial charge is 0.449 e. The maximum absolute atomic E-state index is 11.6. The number of ether oxygens (including phenoxy) is 1. The van der Waals surface area contributed by atoms with Crippen molar-refractivity contribution in [3.8, 4) is 11.1 Å². The SMILES string of the molecule is Cl.Cl.NCCNC(=O)OCC1c2ccccc2-c2ccccc21. The molecule has 0 saturated heterocycles. The third kappa shape index (κ3) is 3.96. The van der Waals surface area contributed by atoms with Gasteiger partial charge in [0, 0.05) is 19.0 Å². The molecule has 0 saturated carbocycles. The van der Waals surface area contributed by atoms with Gasteiger partial charge in [0.1, 0.15) is 6.61 Å². The number of halogens is 2. The first-order valence-electron chi connectivity index (χ1n) is 7.10. The lowest BCUT2D eigenvalue weighted by atomic mass is 9.98. The highest BCUT2D eigenvalue weighted by Crippen LogP contribution is 2.44. The lowest BCUT2D eigenvalue weighted by Gasteiger charge is -2.14. The number of rotatable bonds is 4. The number of nitrogens with two attached hydrogens (primary N) is 1. The van der Waals surface area contributed by atoms with Gasteiger partial charge in [0.15, 0.2) is 0 Å².